The molecule has 3 rings (SSSR count). The fraction of sp³-hybridized carbons (Fsp3) is 0.480. The maximum atomic E-state index is 14.2. The van der Waals surface area contributed by atoms with Gasteiger partial charge < -0.3 is 14.7 Å². The average molecular weight is 583 g/mol. The average Bonchev–Trinajstić information content (AvgIpc) is 2.90. The fourth-order valence-electron chi connectivity index (χ4n) is 4.05. The number of benzene rings is 2. The number of carboxylic acid groups (broad SMARTS) is 1. The van der Waals surface area contributed by atoms with Crippen LogP contribution in [0.1, 0.15) is 38.7 Å². The Kier molecular flexibility index (Phi) is 8.80. The minimum Gasteiger partial charge on any atom is -0.492 e. The Hall–Kier alpha value is -3.00. The van der Waals surface area contributed by atoms with E-state index in [1.807, 2.05) is 0 Å². The summed E-state index contributed by atoms with van der Waals surface area (Å²) in [5, 5.41) is 9.32. The molecule has 1 aliphatic heterocycles. The van der Waals surface area contributed by atoms with Gasteiger partial charge in [0, 0.05) is 37.8 Å². The highest BCUT2D eigenvalue weighted by atomic mass is 32.2. The molecule has 0 aliphatic carbocycles. The van der Waals surface area contributed by atoms with E-state index >= 15 is 0 Å². The molecular weight excluding hydrogens is 554 g/mol. The van der Waals surface area contributed by atoms with Gasteiger partial charge in [-0.25, -0.2) is 21.6 Å². The summed E-state index contributed by atoms with van der Waals surface area (Å²) in [5.41, 5.74) is -3.14. The number of halogens is 6. The Morgan fingerprint density at radius 2 is 1.77 bits per heavy atom. The zero-order chi connectivity index (χ0) is 29.3. The van der Waals surface area contributed by atoms with E-state index in [0.29, 0.717) is 12.1 Å². The Morgan fingerprint density at radius 1 is 1.15 bits per heavy atom. The number of carboxylic acids is 1. The molecule has 2 aromatic carbocycles. The van der Waals surface area contributed by atoms with Crippen molar-refractivity contribution in [3.8, 4) is 5.75 Å². The number of alkyl halides is 5. The lowest BCUT2D eigenvalue weighted by molar-refractivity contribution is -0.148. The van der Waals surface area contributed by atoms with Gasteiger partial charge in [-0.3, -0.25) is 4.79 Å². The van der Waals surface area contributed by atoms with Gasteiger partial charge in [-0.2, -0.15) is 17.5 Å². The van der Waals surface area contributed by atoms with Gasteiger partial charge >= 0.3 is 12.1 Å². The Bertz CT molecular complexity index is 1300. The van der Waals surface area contributed by atoms with Crippen LogP contribution in [0.4, 0.5) is 37.7 Å². The third-order valence-corrected chi connectivity index (χ3v) is 8.43. The van der Waals surface area contributed by atoms with Gasteiger partial charge in [-0.05, 0) is 57.0 Å². The van der Waals surface area contributed by atoms with Crippen LogP contribution in [0.5, 0.6) is 5.75 Å². The van der Waals surface area contributed by atoms with Crippen molar-refractivity contribution >= 4 is 27.4 Å². The smallest absolute Gasteiger partial charge is 0.420 e. The Balaban J connectivity index is 2.23. The van der Waals surface area contributed by atoms with Crippen molar-refractivity contribution in [1.82, 2.24) is 4.31 Å². The number of hydrogen-bond acceptors (Lipinski definition) is 5. The second-order valence-corrected chi connectivity index (χ2v) is 11.8. The standard InChI is InChI=1S/C25H28F6N2O5S/c1-24(2,23(34)35)14-38-20-12-21-19(11-18(20)25(29,30)31)33(16-9-7-15(26)8-10-16)13-17(5-4-6-22(27)28)32(3)39(21,36)37/h7-12,17,22H,4-6,13-14H2,1-3H3,(H,34,35)/t17-/m1/s1. The van der Waals surface area contributed by atoms with Crippen LogP contribution >= 0.6 is 0 Å². The SMILES string of the molecule is CN1[C@H](CCCC(F)F)CN(c2ccc(F)cc2)c2cc(C(F)(F)F)c(OCC(C)(C)C(=O)O)cc2S1(=O)=O. The molecule has 1 N–H and O–H groups in total. The van der Waals surface area contributed by atoms with E-state index in [4.69, 9.17) is 4.74 Å². The number of carbonyl (C=O) groups is 1. The predicted octanol–water partition coefficient (Wildman–Crippen LogP) is 5.91. The minimum atomic E-state index is -5.02. The molecule has 2 aromatic rings. The Morgan fingerprint density at radius 3 is 2.31 bits per heavy atom. The van der Waals surface area contributed by atoms with Crippen LogP contribution in [0.3, 0.4) is 0 Å². The van der Waals surface area contributed by atoms with Crippen LogP contribution in [0, 0.1) is 11.2 Å². The van der Waals surface area contributed by atoms with Crippen LogP contribution in [-0.2, 0) is 21.0 Å². The monoisotopic (exact) mass is 582 g/mol. The number of ether oxygens (including phenoxy) is 1. The molecule has 39 heavy (non-hydrogen) atoms. The van der Waals surface area contributed by atoms with Crippen LogP contribution in [0.25, 0.3) is 0 Å². The summed E-state index contributed by atoms with van der Waals surface area (Å²) in [6.45, 7) is 1.56. The van der Waals surface area contributed by atoms with E-state index in [1.54, 1.807) is 0 Å². The maximum absolute atomic E-state index is 14.2. The molecule has 1 aliphatic rings. The maximum Gasteiger partial charge on any atom is 0.420 e. The normalized spacial score (nSPS) is 18.1. The summed E-state index contributed by atoms with van der Waals surface area (Å²) >= 11 is 0. The number of fused-ring (bicyclic) bond motifs is 1. The molecule has 0 bridgehead atoms. The van der Waals surface area contributed by atoms with Crippen molar-refractivity contribution < 1.29 is 49.4 Å². The quantitative estimate of drug-likeness (QED) is 0.370. The van der Waals surface area contributed by atoms with Crippen molar-refractivity contribution in [2.45, 2.75) is 56.6 Å². The third-order valence-electron chi connectivity index (χ3n) is 6.49. The number of likely N-dealkylation sites (N-methyl/N-ethyl adjacent to an activating group) is 1. The first kappa shape index (κ1) is 30.5. The summed E-state index contributed by atoms with van der Waals surface area (Å²) in [4.78, 5) is 12.2. The van der Waals surface area contributed by atoms with Crippen LogP contribution in [0.15, 0.2) is 41.3 Å². The number of anilines is 2. The zero-order valence-corrected chi connectivity index (χ0v) is 22.1. The highest BCUT2D eigenvalue weighted by Gasteiger charge is 2.42. The van der Waals surface area contributed by atoms with Crippen molar-refractivity contribution in [1.29, 1.82) is 0 Å². The molecule has 0 saturated heterocycles. The van der Waals surface area contributed by atoms with Gasteiger partial charge in [0.2, 0.25) is 16.4 Å². The topological polar surface area (TPSA) is 87.2 Å². The summed E-state index contributed by atoms with van der Waals surface area (Å²) in [6, 6.07) is 5.01. The van der Waals surface area contributed by atoms with Crippen LogP contribution in [-0.4, -0.2) is 56.5 Å². The van der Waals surface area contributed by atoms with Gasteiger partial charge in [0.15, 0.2) is 0 Å². The first-order valence-electron chi connectivity index (χ1n) is 11.9. The van der Waals surface area contributed by atoms with E-state index in [9.17, 15) is 44.7 Å². The van der Waals surface area contributed by atoms with Gasteiger partial charge in [0.1, 0.15) is 23.1 Å². The highest BCUT2D eigenvalue weighted by molar-refractivity contribution is 7.89. The van der Waals surface area contributed by atoms with Crippen LogP contribution in [0.2, 0.25) is 0 Å². The molecule has 0 unspecified atom stereocenters. The Labute approximate surface area is 222 Å². The molecule has 1 heterocycles. The van der Waals surface area contributed by atoms with E-state index < -0.39 is 75.1 Å². The zero-order valence-electron chi connectivity index (χ0n) is 21.3. The lowest BCUT2D eigenvalue weighted by Gasteiger charge is -2.30. The second-order valence-electron chi connectivity index (χ2n) is 9.88. The van der Waals surface area contributed by atoms with Gasteiger partial charge in [0.05, 0.1) is 16.7 Å². The lowest BCUT2D eigenvalue weighted by atomic mass is 9.95. The molecule has 1 atom stereocenters. The molecule has 7 nitrogen and oxygen atoms in total. The number of sulfonamides is 1. The second kappa shape index (κ2) is 11.2. The van der Waals surface area contributed by atoms with E-state index in [-0.39, 0.29) is 30.8 Å². The van der Waals surface area contributed by atoms with Crippen molar-refractivity contribution in [2.75, 3.05) is 25.1 Å². The predicted molar refractivity (Wildman–Crippen MR) is 130 cm³/mol. The summed E-state index contributed by atoms with van der Waals surface area (Å²) in [7, 11) is -3.29. The highest BCUT2D eigenvalue weighted by Crippen LogP contribution is 2.46. The largest absolute Gasteiger partial charge is 0.492 e. The molecule has 0 radical (unpaired) electrons. The molecule has 216 valence electrons. The van der Waals surface area contributed by atoms with Gasteiger partial charge in [0.25, 0.3) is 0 Å². The number of nitrogens with zero attached hydrogens (tertiary/aromatic N) is 2. The fourth-order valence-corrected chi connectivity index (χ4v) is 5.61. The first-order chi connectivity index (χ1) is 17.9. The molecule has 14 heteroatoms. The molecule has 0 saturated carbocycles. The lowest BCUT2D eigenvalue weighted by Crippen LogP contribution is -2.40. The van der Waals surface area contributed by atoms with Crippen molar-refractivity contribution in [3.05, 3.63) is 47.8 Å². The molecule has 0 amide bonds. The van der Waals surface area contributed by atoms with E-state index in [1.165, 1.54) is 37.9 Å². The van der Waals surface area contributed by atoms with Gasteiger partial charge in [-0.15, -0.1) is 0 Å². The molecule has 0 spiro atoms. The molecule has 0 fully saturated rings. The summed E-state index contributed by atoms with van der Waals surface area (Å²) in [5.74, 6) is -2.86. The minimum absolute atomic E-state index is 0.0198. The molecular formula is C25H28F6N2O5S. The van der Waals surface area contributed by atoms with E-state index in [2.05, 4.69) is 0 Å². The van der Waals surface area contributed by atoms with Crippen molar-refractivity contribution in [2.24, 2.45) is 5.41 Å². The summed E-state index contributed by atoms with van der Waals surface area (Å²) < 4.78 is 115. The first-order valence-corrected chi connectivity index (χ1v) is 13.3. The van der Waals surface area contributed by atoms with Crippen molar-refractivity contribution in [3.63, 3.8) is 0 Å². The summed E-state index contributed by atoms with van der Waals surface area (Å²) in [6.07, 6.45) is -8.21. The number of hydrogen-bond donors (Lipinski definition) is 1. The van der Waals surface area contributed by atoms with Crippen LogP contribution < -0.4 is 9.64 Å². The number of aliphatic carboxylic acids is 1. The third kappa shape index (κ3) is 6.78. The van der Waals surface area contributed by atoms with E-state index in [0.717, 1.165) is 16.4 Å². The molecule has 0 aromatic heterocycles. The van der Waals surface area contributed by atoms with Gasteiger partial charge in [-0.1, -0.05) is 0 Å². The number of rotatable bonds is 9.